The van der Waals surface area contributed by atoms with E-state index in [0.29, 0.717) is 10.8 Å². The summed E-state index contributed by atoms with van der Waals surface area (Å²) in [5.74, 6) is 3.53. The van der Waals surface area contributed by atoms with Gasteiger partial charge in [-0.05, 0) is 99.7 Å². The lowest BCUT2D eigenvalue weighted by molar-refractivity contribution is 0.192. The van der Waals surface area contributed by atoms with Crippen molar-refractivity contribution in [3.63, 3.8) is 0 Å². The summed E-state index contributed by atoms with van der Waals surface area (Å²) in [4.78, 5) is 0. The molecule has 0 aromatic rings. The van der Waals surface area contributed by atoms with Crippen LogP contribution in [0.4, 0.5) is 0 Å². The Labute approximate surface area is 247 Å². The molecule has 2 aliphatic rings. The summed E-state index contributed by atoms with van der Waals surface area (Å²) in [5, 5.41) is 0. The normalized spacial score (nSPS) is 23.4. The smallest absolute Gasteiger partial charge is 0.0142 e. The van der Waals surface area contributed by atoms with E-state index in [-0.39, 0.29) is 0 Å². The van der Waals surface area contributed by atoms with Gasteiger partial charge in [-0.2, -0.15) is 0 Å². The van der Waals surface area contributed by atoms with Gasteiger partial charge in [0.05, 0.1) is 0 Å². The second kappa shape index (κ2) is 17.4. The molecule has 228 valence electrons. The second-order valence-corrected chi connectivity index (χ2v) is 16.1. The van der Waals surface area contributed by atoms with E-state index in [4.69, 9.17) is 0 Å². The lowest BCUT2D eigenvalue weighted by Gasteiger charge is -2.39. The van der Waals surface area contributed by atoms with Gasteiger partial charge in [0.15, 0.2) is 0 Å². The third-order valence-corrected chi connectivity index (χ3v) is 11.3. The minimum absolute atomic E-state index is 0.459. The van der Waals surface area contributed by atoms with Gasteiger partial charge in [-0.25, -0.2) is 0 Å². The first kappa shape index (κ1) is 34.7. The summed E-state index contributed by atoms with van der Waals surface area (Å²) in [6.07, 6.45) is 30.9. The average molecular weight is 541 g/mol. The zero-order chi connectivity index (χ0) is 28.9. The molecule has 2 aliphatic carbocycles. The molecule has 0 N–H and O–H groups in total. The second-order valence-electron chi connectivity index (χ2n) is 16.1. The fraction of sp³-hybridized carbons (Fsp3) is 0.897. The molecule has 4 unspecified atom stereocenters. The third-order valence-electron chi connectivity index (χ3n) is 11.3. The van der Waals surface area contributed by atoms with Crippen LogP contribution in [0.15, 0.2) is 22.8 Å². The van der Waals surface area contributed by atoms with E-state index in [1.54, 1.807) is 16.7 Å². The molecule has 0 saturated carbocycles. The first-order chi connectivity index (χ1) is 18.4. The van der Waals surface area contributed by atoms with E-state index in [0.717, 1.165) is 23.7 Å². The van der Waals surface area contributed by atoms with Gasteiger partial charge in [-0.15, -0.1) is 0 Å². The van der Waals surface area contributed by atoms with Crippen LogP contribution in [0.25, 0.3) is 0 Å². The number of unbranched alkanes of at least 4 members (excludes halogenated alkanes) is 5. The largest absolute Gasteiger partial charge is 0.0853 e. The zero-order valence-corrected chi connectivity index (χ0v) is 28.5. The number of allylic oxidation sites excluding steroid dienone is 4. The molecule has 0 nitrogen and oxygen atoms in total. The van der Waals surface area contributed by atoms with Crippen LogP contribution >= 0.6 is 0 Å². The van der Waals surface area contributed by atoms with Crippen LogP contribution in [-0.2, 0) is 0 Å². The van der Waals surface area contributed by atoms with Crippen molar-refractivity contribution in [2.75, 3.05) is 0 Å². The summed E-state index contributed by atoms with van der Waals surface area (Å²) >= 11 is 0. The van der Waals surface area contributed by atoms with Crippen molar-refractivity contribution in [3.8, 4) is 0 Å². The molecule has 0 heteroatoms. The van der Waals surface area contributed by atoms with Crippen molar-refractivity contribution in [1.82, 2.24) is 0 Å². The van der Waals surface area contributed by atoms with Crippen molar-refractivity contribution in [3.05, 3.63) is 22.8 Å². The van der Waals surface area contributed by atoms with E-state index in [9.17, 15) is 0 Å². The Morgan fingerprint density at radius 2 is 1.23 bits per heavy atom. The molecule has 0 aromatic carbocycles. The van der Waals surface area contributed by atoms with Crippen LogP contribution in [0.5, 0.6) is 0 Å². The van der Waals surface area contributed by atoms with Crippen LogP contribution in [0, 0.1) is 34.5 Å². The Bertz CT molecular complexity index is 731. The highest BCUT2D eigenvalue weighted by Crippen LogP contribution is 2.44. The molecule has 0 aromatic heterocycles. The predicted molar refractivity (Wildman–Crippen MR) is 177 cm³/mol. The maximum absolute atomic E-state index is 2.52. The molecule has 0 radical (unpaired) electrons. The molecule has 2 rings (SSSR count). The summed E-state index contributed by atoms with van der Waals surface area (Å²) in [5.41, 5.74) is 6.15. The van der Waals surface area contributed by atoms with Crippen molar-refractivity contribution < 1.29 is 0 Å². The van der Waals surface area contributed by atoms with Gasteiger partial charge in [0.25, 0.3) is 0 Å². The fourth-order valence-corrected chi connectivity index (χ4v) is 8.23. The number of hydrogen-bond acceptors (Lipinski definition) is 0. The van der Waals surface area contributed by atoms with Gasteiger partial charge in [-0.1, -0.05) is 148 Å². The van der Waals surface area contributed by atoms with E-state index in [1.807, 2.05) is 0 Å². The highest BCUT2D eigenvalue weighted by molar-refractivity contribution is 5.22. The van der Waals surface area contributed by atoms with E-state index in [1.165, 1.54) is 128 Å². The standard InChI is InChI=1S/C39H72/c1-31(21-16-22-33(3)26-28-37-35(5)24-18-30-39(37,8)9)19-14-12-10-11-13-15-20-32(2)25-27-36-34(4)23-17-29-38(36,6)7/h24,31-33,37H,10-23,25-30H2,1-9H3. The van der Waals surface area contributed by atoms with E-state index < -0.39 is 0 Å². The molecule has 0 spiro atoms. The highest BCUT2D eigenvalue weighted by atomic mass is 14.4. The highest BCUT2D eigenvalue weighted by Gasteiger charge is 2.32. The molecular weight excluding hydrogens is 468 g/mol. The lowest BCUT2D eigenvalue weighted by Crippen LogP contribution is -2.28. The molecule has 0 bridgehead atoms. The van der Waals surface area contributed by atoms with Crippen molar-refractivity contribution in [1.29, 1.82) is 0 Å². The van der Waals surface area contributed by atoms with Gasteiger partial charge >= 0.3 is 0 Å². The van der Waals surface area contributed by atoms with Crippen LogP contribution in [0.1, 0.15) is 191 Å². The maximum Gasteiger partial charge on any atom is -0.0142 e. The van der Waals surface area contributed by atoms with Crippen LogP contribution < -0.4 is 0 Å². The van der Waals surface area contributed by atoms with Crippen LogP contribution in [0.2, 0.25) is 0 Å². The summed E-state index contributed by atoms with van der Waals surface area (Å²) in [6.45, 7) is 22.3. The molecule has 0 aliphatic heterocycles. The topological polar surface area (TPSA) is 0 Å². The Morgan fingerprint density at radius 1 is 0.692 bits per heavy atom. The maximum atomic E-state index is 2.52. The molecule has 0 fully saturated rings. The monoisotopic (exact) mass is 541 g/mol. The minimum Gasteiger partial charge on any atom is -0.0853 e. The van der Waals surface area contributed by atoms with Crippen molar-refractivity contribution in [2.24, 2.45) is 34.5 Å². The van der Waals surface area contributed by atoms with Gasteiger partial charge in [0.2, 0.25) is 0 Å². The van der Waals surface area contributed by atoms with Crippen LogP contribution in [0.3, 0.4) is 0 Å². The quantitative estimate of drug-likeness (QED) is 0.113. The van der Waals surface area contributed by atoms with Gasteiger partial charge < -0.3 is 0 Å². The Hall–Kier alpha value is -0.520. The molecule has 4 atom stereocenters. The van der Waals surface area contributed by atoms with Gasteiger partial charge in [-0.3, -0.25) is 0 Å². The SMILES string of the molecule is CC1=CCCC(C)(C)C1CCC(C)CCCC(C)CCCCCCCCC(C)CCC1=C(C)CCCC1(C)C. The summed E-state index contributed by atoms with van der Waals surface area (Å²) in [6, 6.07) is 0. The fourth-order valence-electron chi connectivity index (χ4n) is 8.23. The van der Waals surface area contributed by atoms with Gasteiger partial charge in [0.1, 0.15) is 0 Å². The average Bonchev–Trinajstić information content (AvgIpc) is 2.84. The minimum atomic E-state index is 0.459. The first-order valence-electron chi connectivity index (χ1n) is 17.8. The molecule has 0 saturated heterocycles. The number of rotatable bonds is 19. The Morgan fingerprint density at radius 3 is 1.82 bits per heavy atom. The summed E-state index contributed by atoms with van der Waals surface area (Å²) < 4.78 is 0. The number of hydrogen-bond donors (Lipinski definition) is 0. The molecule has 0 amide bonds. The zero-order valence-electron chi connectivity index (χ0n) is 28.5. The molecule has 0 heterocycles. The van der Waals surface area contributed by atoms with Gasteiger partial charge in [0, 0.05) is 0 Å². The third kappa shape index (κ3) is 12.9. The van der Waals surface area contributed by atoms with E-state index >= 15 is 0 Å². The van der Waals surface area contributed by atoms with Crippen LogP contribution in [-0.4, -0.2) is 0 Å². The first-order valence-corrected chi connectivity index (χ1v) is 17.8. The van der Waals surface area contributed by atoms with E-state index in [2.05, 4.69) is 68.4 Å². The lowest BCUT2D eigenvalue weighted by atomic mass is 9.66. The molecular formula is C39H72. The van der Waals surface area contributed by atoms with Crippen molar-refractivity contribution in [2.45, 2.75) is 191 Å². The molecule has 39 heavy (non-hydrogen) atoms. The Balaban J connectivity index is 1.43. The predicted octanol–water partition coefficient (Wildman–Crippen LogP) is 13.7. The Kier molecular flexibility index (Phi) is 15.5. The van der Waals surface area contributed by atoms with Crippen molar-refractivity contribution >= 4 is 0 Å². The summed E-state index contributed by atoms with van der Waals surface area (Å²) in [7, 11) is 0.